The molecule has 0 saturated heterocycles. The van der Waals surface area contributed by atoms with Crippen molar-refractivity contribution in [1.82, 2.24) is 0 Å². The zero-order chi connectivity index (χ0) is 23.4. The van der Waals surface area contributed by atoms with Crippen LogP contribution in [0.25, 0.3) is 0 Å². The summed E-state index contributed by atoms with van der Waals surface area (Å²) in [6, 6.07) is 0. The predicted octanol–water partition coefficient (Wildman–Crippen LogP) is 4.40. The number of carbonyl (C=O) groups is 1. The maximum atomic E-state index is 11.6. The second-order valence-corrected chi connectivity index (χ2v) is 12.3. The number of carboxylic acids is 1. The lowest BCUT2D eigenvalue weighted by Gasteiger charge is -2.63. The largest absolute Gasteiger partial charge is 0.478 e. The Labute approximate surface area is 193 Å². The molecule has 4 aliphatic carbocycles. The fourth-order valence-corrected chi connectivity index (χ4v) is 8.98. The highest BCUT2D eigenvalue weighted by Crippen LogP contribution is 2.68. The van der Waals surface area contributed by atoms with Gasteiger partial charge in [0.25, 0.3) is 0 Å². The molecular formula is C27H44O5. The smallest absolute Gasteiger partial charge is 0.330 e. The minimum Gasteiger partial charge on any atom is -0.478 e. The van der Waals surface area contributed by atoms with Gasteiger partial charge in [0.2, 0.25) is 0 Å². The summed E-state index contributed by atoms with van der Waals surface area (Å²) in [5, 5.41) is 42.3. The van der Waals surface area contributed by atoms with E-state index in [1.807, 2.05) is 6.08 Å². The van der Waals surface area contributed by atoms with Gasteiger partial charge in [-0.1, -0.05) is 26.8 Å². The van der Waals surface area contributed by atoms with E-state index in [0.717, 1.165) is 57.8 Å². The molecule has 0 heterocycles. The van der Waals surface area contributed by atoms with Crippen molar-refractivity contribution in [2.75, 3.05) is 0 Å². The topological polar surface area (TPSA) is 98.0 Å². The number of carboxylic acid groups (broad SMARTS) is 1. The Balaban J connectivity index is 1.54. The Morgan fingerprint density at radius 1 is 1.06 bits per heavy atom. The lowest BCUT2D eigenvalue weighted by atomic mass is 9.43. The van der Waals surface area contributed by atoms with E-state index in [0.29, 0.717) is 35.2 Å². The highest BCUT2D eigenvalue weighted by Gasteiger charge is 2.65. The average molecular weight is 449 g/mol. The highest BCUT2D eigenvalue weighted by molar-refractivity contribution is 5.85. The summed E-state index contributed by atoms with van der Waals surface area (Å²) < 4.78 is 0. The van der Waals surface area contributed by atoms with Crippen molar-refractivity contribution in [1.29, 1.82) is 0 Å². The first-order valence-corrected chi connectivity index (χ1v) is 12.9. The Hall–Kier alpha value is -0.910. The second-order valence-electron chi connectivity index (χ2n) is 12.3. The third-order valence-corrected chi connectivity index (χ3v) is 10.9. The van der Waals surface area contributed by atoms with Crippen LogP contribution < -0.4 is 0 Å². The predicted molar refractivity (Wildman–Crippen MR) is 124 cm³/mol. The number of aliphatic carboxylic acids is 1. The van der Waals surface area contributed by atoms with E-state index in [-0.39, 0.29) is 35.1 Å². The number of rotatable bonds is 5. The third kappa shape index (κ3) is 3.76. The molecule has 5 heteroatoms. The van der Waals surface area contributed by atoms with E-state index in [9.17, 15) is 20.1 Å². The number of aliphatic hydroxyl groups excluding tert-OH is 3. The van der Waals surface area contributed by atoms with Crippen molar-refractivity contribution in [2.24, 2.45) is 46.3 Å². The fraction of sp³-hybridized carbons (Fsp3) is 0.889. The average Bonchev–Trinajstić information content (AvgIpc) is 3.08. The van der Waals surface area contributed by atoms with E-state index in [4.69, 9.17) is 5.11 Å². The Morgan fingerprint density at radius 3 is 2.47 bits per heavy atom. The lowest BCUT2D eigenvalue weighted by molar-refractivity contribution is -0.207. The zero-order valence-corrected chi connectivity index (χ0v) is 20.3. The summed E-state index contributed by atoms with van der Waals surface area (Å²) in [5.41, 5.74) is 0.317. The van der Waals surface area contributed by atoms with Crippen LogP contribution in [0, 0.1) is 46.3 Å². The van der Waals surface area contributed by atoms with Crippen LogP contribution in [0.15, 0.2) is 11.6 Å². The minimum absolute atomic E-state index is 0.105. The quantitative estimate of drug-likeness (QED) is 0.468. The molecular weight excluding hydrogens is 404 g/mol. The number of allylic oxidation sites excluding steroid dienone is 1. The molecule has 5 nitrogen and oxygen atoms in total. The fourth-order valence-electron chi connectivity index (χ4n) is 8.98. The Kier molecular flexibility index (Phi) is 6.59. The van der Waals surface area contributed by atoms with Gasteiger partial charge in [-0.05, 0) is 111 Å². The molecule has 0 aromatic rings. The summed E-state index contributed by atoms with van der Waals surface area (Å²) in [6.45, 7) is 8.55. The molecule has 0 aromatic heterocycles. The van der Waals surface area contributed by atoms with E-state index in [2.05, 4.69) is 20.8 Å². The SMILES string of the molecule is C/C(=C\CC[C@@H](C)[C@H]1CCC2C3C(O)C[C@@H]4C[C@H](O)CC[C@]4(C)C3C[C@H](O)[C@@]21C)C(=O)O. The van der Waals surface area contributed by atoms with Crippen LogP contribution in [0.3, 0.4) is 0 Å². The first kappa shape index (κ1) is 24.2. The number of hydrogen-bond acceptors (Lipinski definition) is 4. The van der Waals surface area contributed by atoms with Crippen LogP contribution in [0.2, 0.25) is 0 Å². The molecule has 0 amide bonds. The molecule has 0 spiro atoms. The Bertz CT molecular complexity index is 748. The van der Waals surface area contributed by atoms with Gasteiger partial charge < -0.3 is 20.4 Å². The molecule has 4 saturated carbocycles. The second kappa shape index (κ2) is 8.70. The number of fused-ring (bicyclic) bond motifs is 5. The van der Waals surface area contributed by atoms with Crippen molar-refractivity contribution in [3.63, 3.8) is 0 Å². The van der Waals surface area contributed by atoms with Crippen LogP contribution in [0.5, 0.6) is 0 Å². The summed E-state index contributed by atoms with van der Waals surface area (Å²) in [7, 11) is 0. The third-order valence-electron chi connectivity index (χ3n) is 10.9. The standard InChI is InChI=1S/C27H44O5/c1-15(6-5-7-16(2)25(31)32)19-8-9-20-24-21(14-23(30)27(19,20)4)26(3)11-10-18(28)12-17(26)13-22(24)29/h7,15,17-24,28-30H,5-6,8-14H2,1-4H3,(H,31,32)/b16-7+/t15-,17+,18-,19-,20?,21?,22?,23+,24?,26+,27-/m1/s1. The van der Waals surface area contributed by atoms with Crippen molar-refractivity contribution >= 4 is 5.97 Å². The van der Waals surface area contributed by atoms with E-state index in [1.165, 1.54) is 0 Å². The normalized spacial score (nSPS) is 49.7. The van der Waals surface area contributed by atoms with Crippen LogP contribution in [0.1, 0.15) is 85.5 Å². The van der Waals surface area contributed by atoms with Gasteiger partial charge in [0.1, 0.15) is 0 Å². The van der Waals surface area contributed by atoms with Crippen LogP contribution >= 0.6 is 0 Å². The number of hydrogen-bond donors (Lipinski definition) is 4. The monoisotopic (exact) mass is 448 g/mol. The van der Waals surface area contributed by atoms with Gasteiger partial charge in [-0.2, -0.15) is 0 Å². The number of aliphatic hydroxyl groups is 3. The summed E-state index contributed by atoms with van der Waals surface area (Å²) in [5.74, 6) is 1.20. The van der Waals surface area contributed by atoms with E-state index >= 15 is 0 Å². The van der Waals surface area contributed by atoms with Gasteiger partial charge in [-0.25, -0.2) is 4.79 Å². The van der Waals surface area contributed by atoms with E-state index < -0.39 is 5.97 Å². The summed E-state index contributed by atoms with van der Waals surface area (Å²) >= 11 is 0. The van der Waals surface area contributed by atoms with Crippen LogP contribution in [-0.4, -0.2) is 44.7 Å². The van der Waals surface area contributed by atoms with Crippen molar-refractivity contribution in [2.45, 2.75) is 104 Å². The van der Waals surface area contributed by atoms with Gasteiger partial charge in [0.15, 0.2) is 0 Å². The van der Waals surface area contributed by atoms with Gasteiger partial charge >= 0.3 is 5.97 Å². The molecule has 0 aromatic carbocycles. The van der Waals surface area contributed by atoms with E-state index in [1.54, 1.807) is 6.92 Å². The molecule has 0 bridgehead atoms. The zero-order valence-electron chi connectivity index (χ0n) is 20.3. The van der Waals surface area contributed by atoms with Gasteiger partial charge in [0.05, 0.1) is 18.3 Å². The van der Waals surface area contributed by atoms with Gasteiger partial charge in [-0.3, -0.25) is 0 Å². The van der Waals surface area contributed by atoms with Crippen LogP contribution in [0.4, 0.5) is 0 Å². The molecule has 4 fully saturated rings. The van der Waals surface area contributed by atoms with Gasteiger partial charge in [-0.15, -0.1) is 0 Å². The van der Waals surface area contributed by atoms with Gasteiger partial charge in [0, 0.05) is 5.57 Å². The summed E-state index contributed by atoms with van der Waals surface area (Å²) in [6.07, 6.45) is 8.88. The first-order valence-electron chi connectivity index (χ1n) is 12.9. The summed E-state index contributed by atoms with van der Waals surface area (Å²) in [4.78, 5) is 11.1. The van der Waals surface area contributed by atoms with Crippen molar-refractivity contribution < 1.29 is 25.2 Å². The van der Waals surface area contributed by atoms with Crippen molar-refractivity contribution in [3.8, 4) is 0 Å². The van der Waals surface area contributed by atoms with Crippen LogP contribution in [-0.2, 0) is 4.79 Å². The maximum Gasteiger partial charge on any atom is 0.330 e. The Morgan fingerprint density at radius 2 is 1.78 bits per heavy atom. The highest BCUT2D eigenvalue weighted by atomic mass is 16.4. The van der Waals surface area contributed by atoms with Crippen molar-refractivity contribution in [3.05, 3.63) is 11.6 Å². The molecule has 4 aliphatic rings. The molecule has 0 aliphatic heterocycles. The first-order chi connectivity index (χ1) is 15.0. The molecule has 4 rings (SSSR count). The molecule has 11 atom stereocenters. The lowest BCUT2D eigenvalue weighted by Crippen LogP contribution is -2.62. The maximum absolute atomic E-state index is 11.6. The molecule has 182 valence electrons. The molecule has 32 heavy (non-hydrogen) atoms. The minimum atomic E-state index is -0.854. The molecule has 0 radical (unpaired) electrons. The molecule has 4 N–H and O–H groups in total. The molecule has 4 unspecified atom stereocenters.